The van der Waals surface area contributed by atoms with Gasteiger partial charge in [0.05, 0.1) is 18.7 Å². The van der Waals surface area contributed by atoms with E-state index >= 15 is 0 Å². The fourth-order valence-electron chi connectivity index (χ4n) is 2.34. The van der Waals surface area contributed by atoms with E-state index in [1.54, 1.807) is 12.3 Å². The molecule has 0 spiro atoms. The lowest BCUT2D eigenvalue weighted by Gasteiger charge is -2.04. The van der Waals surface area contributed by atoms with Crippen LogP contribution in [0.1, 0.15) is 24.6 Å². The third-order valence-corrected chi connectivity index (χ3v) is 4.31. The van der Waals surface area contributed by atoms with Crippen molar-refractivity contribution in [2.75, 3.05) is 18.7 Å². The Morgan fingerprint density at radius 2 is 2.16 bits per heavy atom. The van der Waals surface area contributed by atoms with Crippen LogP contribution in [0.25, 0.3) is 0 Å². The second-order valence-electron chi connectivity index (χ2n) is 5.36. The molecule has 132 valence electrons. The van der Waals surface area contributed by atoms with Crippen LogP contribution in [0.4, 0.5) is 5.13 Å². The molecule has 1 amide bonds. The molecule has 1 aliphatic rings. The molecule has 0 saturated carbocycles. The number of aryl methyl sites for hydroxylation is 1. The summed E-state index contributed by atoms with van der Waals surface area (Å²) < 4.78 is 15.5. The highest BCUT2D eigenvalue weighted by Crippen LogP contribution is 2.32. The molecule has 2 aromatic rings. The SMILES string of the molecule is CCOC(=O)Cc1csc(NC(=O)CCc2ccc3c(c2)OCO3)n1. The van der Waals surface area contributed by atoms with Crippen molar-refractivity contribution in [1.29, 1.82) is 0 Å². The van der Waals surface area contributed by atoms with Gasteiger partial charge in [-0.3, -0.25) is 9.59 Å². The van der Waals surface area contributed by atoms with E-state index in [9.17, 15) is 9.59 Å². The van der Waals surface area contributed by atoms with Crippen molar-refractivity contribution in [2.45, 2.75) is 26.2 Å². The number of rotatable bonds is 7. The van der Waals surface area contributed by atoms with Crippen molar-refractivity contribution in [3.05, 3.63) is 34.8 Å². The summed E-state index contributed by atoms with van der Waals surface area (Å²) in [5.74, 6) is 0.981. The Bertz CT molecular complexity index is 774. The first kappa shape index (κ1) is 17.2. The number of fused-ring (bicyclic) bond motifs is 1. The largest absolute Gasteiger partial charge is 0.466 e. The molecule has 0 aliphatic carbocycles. The Morgan fingerprint density at radius 1 is 1.32 bits per heavy atom. The summed E-state index contributed by atoms with van der Waals surface area (Å²) >= 11 is 1.29. The van der Waals surface area contributed by atoms with E-state index in [2.05, 4.69) is 10.3 Å². The minimum Gasteiger partial charge on any atom is -0.466 e. The van der Waals surface area contributed by atoms with Gasteiger partial charge < -0.3 is 19.5 Å². The number of ether oxygens (including phenoxy) is 3. The second kappa shape index (κ2) is 7.98. The molecule has 0 atom stereocenters. The number of carbonyl (C=O) groups excluding carboxylic acids is 2. The van der Waals surface area contributed by atoms with E-state index in [1.165, 1.54) is 11.3 Å². The zero-order valence-electron chi connectivity index (χ0n) is 13.7. The number of nitrogens with zero attached hydrogens (tertiary/aromatic N) is 1. The van der Waals surface area contributed by atoms with E-state index in [-0.39, 0.29) is 25.1 Å². The average Bonchev–Trinajstić information content (AvgIpc) is 3.22. The first-order valence-electron chi connectivity index (χ1n) is 7.92. The van der Waals surface area contributed by atoms with Gasteiger partial charge in [-0.15, -0.1) is 11.3 Å². The van der Waals surface area contributed by atoms with Crippen LogP contribution in [0.15, 0.2) is 23.6 Å². The van der Waals surface area contributed by atoms with Crippen LogP contribution in [0.5, 0.6) is 11.5 Å². The third-order valence-electron chi connectivity index (χ3n) is 3.51. The first-order valence-corrected chi connectivity index (χ1v) is 8.80. The van der Waals surface area contributed by atoms with E-state index in [0.29, 0.717) is 36.0 Å². The van der Waals surface area contributed by atoms with Gasteiger partial charge in [0.25, 0.3) is 0 Å². The maximum Gasteiger partial charge on any atom is 0.311 e. The summed E-state index contributed by atoms with van der Waals surface area (Å²) in [7, 11) is 0. The lowest BCUT2D eigenvalue weighted by Crippen LogP contribution is -2.12. The number of hydrogen-bond donors (Lipinski definition) is 1. The molecule has 0 bridgehead atoms. The van der Waals surface area contributed by atoms with Crippen LogP contribution in [0.3, 0.4) is 0 Å². The molecular weight excluding hydrogens is 344 g/mol. The molecule has 1 N–H and O–H groups in total. The molecule has 2 heterocycles. The Kier molecular flexibility index (Phi) is 5.49. The van der Waals surface area contributed by atoms with Crippen LogP contribution in [0.2, 0.25) is 0 Å². The Hall–Kier alpha value is -2.61. The first-order chi connectivity index (χ1) is 12.1. The Morgan fingerprint density at radius 3 is 3.00 bits per heavy atom. The summed E-state index contributed by atoms with van der Waals surface area (Å²) in [4.78, 5) is 27.7. The Balaban J connectivity index is 1.48. The Labute approximate surface area is 148 Å². The predicted octanol–water partition coefficient (Wildman–Crippen LogP) is 2.55. The number of benzene rings is 1. The number of nitrogens with one attached hydrogen (secondary N) is 1. The highest BCUT2D eigenvalue weighted by Gasteiger charge is 2.14. The number of hydrogen-bond acceptors (Lipinski definition) is 7. The molecule has 1 aliphatic heterocycles. The molecule has 0 unspecified atom stereocenters. The maximum atomic E-state index is 12.1. The number of amides is 1. The van der Waals surface area contributed by atoms with E-state index in [4.69, 9.17) is 14.2 Å². The molecule has 1 aromatic heterocycles. The predicted molar refractivity (Wildman–Crippen MR) is 92.0 cm³/mol. The van der Waals surface area contributed by atoms with Crippen molar-refractivity contribution in [3.63, 3.8) is 0 Å². The van der Waals surface area contributed by atoms with Gasteiger partial charge in [-0.05, 0) is 31.0 Å². The van der Waals surface area contributed by atoms with Crippen molar-refractivity contribution >= 4 is 28.3 Å². The molecule has 25 heavy (non-hydrogen) atoms. The van der Waals surface area contributed by atoms with Gasteiger partial charge in [0.2, 0.25) is 12.7 Å². The topological polar surface area (TPSA) is 86.8 Å². The van der Waals surface area contributed by atoms with Gasteiger partial charge in [-0.2, -0.15) is 0 Å². The third kappa shape index (κ3) is 4.69. The normalized spacial score (nSPS) is 12.0. The zero-order valence-corrected chi connectivity index (χ0v) is 14.6. The van der Waals surface area contributed by atoms with Crippen LogP contribution in [0, 0.1) is 0 Å². The minimum absolute atomic E-state index is 0.109. The van der Waals surface area contributed by atoms with Crippen molar-refractivity contribution in [2.24, 2.45) is 0 Å². The molecule has 8 heteroatoms. The molecular formula is C17H18N2O5S. The molecule has 0 fully saturated rings. The number of carbonyl (C=O) groups is 2. The van der Waals surface area contributed by atoms with Gasteiger partial charge in [0, 0.05) is 11.8 Å². The number of anilines is 1. The van der Waals surface area contributed by atoms with Crippen molar-refractivity contribution in [3.8, 4) is 11.5 Å². The van der Waals surface area contributed by atoms with Crippen LogP contribution in [-0.4, -0.2) is 30.3 Å². The van der Waals surface area contributed by atoms with Crippen molar-refractivity contribution < 1.29 is 23.8 Å². The maximum absolute atomic E-state index is 12.1. The highest BCUT2D eigenvalue weighted by atomic mass is 32.1. The van der Waals surface area contributed by atoms with Gasteiger partial charge in [-0.1, -0.05) is 6.07 Å². The highest BCUT2D eigenvalue weighted by molar-refractivity contribution is 7.13. The van der Waals surface area contributed by atoms with Gasteiger partial charge in [0.1, 0.15) is 0 Å². The van der Waals surface area contributed by atoms with E-state index < -0.39 is 0 Å². The molecule has 1 aromatic carbocycles. The fraction of sp³-hybridized carbons (Fsp3) is 0.353. The summed E-state index contributed by atoms with van der Waals surface area (Å²) in [6.45, 7) is 2.33. The van der Waals surface area contributed by atoms with E-state index in [1.807, 2.05) is 18.2 Å². The lowest BCUT2D eigenvalue weighted by molar-refractivity contribution is -0.142. The van der Waals surface area contributed by atoms with Crippen molar-refractivity contribution in [1.82, 2.24) is 4.98 Å². The summed E-state index contributed by atoms with van der Waals surface area (Å²) in [6.07, 6.45) is 1.02. The monoisotopic (exact) mass is 362 g/mol. The number of thiazole rings is 1. The number of esters is 1. The second-order valence-corrected chi connectivity index (χ2v) is 6.22. The molecule has 3 rings (SSSR count). The summed E-state index contributed by atoms with van der Waals surface area (Å²) in [6, 6.07) is 5.65. The average molecular weight is 362 g/mol. The van der Waals surface area contributed by atoms with E-state index in [0.717, 1.165) is 11.3 Å². The van der Waals surface area contributed by atoms with Crippen LogP contribution >= 0.6 is 11.3 Å². The van der Waals surface area contributed by atoms with Crippen LogP contribution in [-0.2, 0) is 27.2 Å². The van der Waals surface area contributed by atoms with Gasteiger partial charge in [-0.25, -0.2) is 4.98 Å². The fourth-order valence-corrected chi connectivity index (χ4v) is 3.07. The summed E-state index contributed by atoms with van der Waals surface area (Å²) in [5.41, 5.74) is 1.59. The molecule has 0 radical (unpaired) electrons. The minimum atomic E-state index is -0.325. The zero-order chi connectivity index (χ0) is 17.6. The standard InChI is InChI=1S/C17H18N2O5S/c1-2-22-16(21)8-12-9-25-17(18-12)19-15(20)6-4-11-3-5-13-14(7-11)24-10-23-13/h3,5,7,9H,2,4,6,8,10H2,1H3,(H,18,19,20). The molecule has 7 nitrogen and oxygen atoms in total. The smallest absolute Gasteiger partial charge is 0.311 e. The van der Waals surface area contributed by atoms with Crippen LogP contribution < -0.4 is 14.8 Å². The van der Waals surface area contributed by atoms with Gasteiger partial charge in [0.15, 0.2) is 16.6 Å². The quantitative estimate of drug-likeness (QED) is 0.762. The lowest BCUT2D eigenvalue weighted by atomic mass is 10.1. The van der Waals surface area contributed by atoms with Gasteiger partial charge >= 0.3 is 5.97 Å². The number of aromatic nitrogens is 1. The summed E-state index contributed by atoms with van der Waals surface area (Å²) in [5, 5.41) is 4.97. The molecule has 0 saturated heterocycles.